The first-order valence-corrected chi connectivity index (χ1v) is 13.2. The summed E-state index contributed by atoms with van der Waals surface area (Å²) in [6, 6.07) is 8.58. The van der Waals surface area contributed by atoms with Gasteiger partial charge in [0.05, 0.1) is 17.6 Å². The molecule has 1 N–H and O–H groups in total. The number of urea groups is 1. The summed E-state index contributed by atoms with van der Waals surface area (Å²) in [5.41, 5.74) is -0.891. The van der Waals surface area contributed by atoms with Crippen LogP contribution in [0.15, 0.2) is 61.4 Å². The highest BCUT2D eigenvalue weighted by Gasteiger charge is 2.47. The second-order valence-corrected chi connectivity index (χ2v) is 10.3. The first-order chi connectivity index (χ1) is 20.1. The normalized spacial score (nSPS) is 15.7. The maximum atomic E-state index is 15.2. The molecule has 0 saturated carbocycles. The molecule has 2 aromatic heterocycles. The van der Waals surface area contributed by atoms with Crippen molar-refractivity contribution >= 4 is 17.7 Å². The van der Waals surface area contributed by atoms with E-state index < -0.39 is 35.3 Å². The van der Waals surface area contributed by atoms with Crippen LogP contribution in [0.1, 0.15) is 26.3 Å². The summed E-state index contributed by atoms with van der Waals surface area (Å²) in [5, 5.41) is 27.4. The van der Waals surface area contributed by atoms with E-state index in [9.17, 15) is 19.1 Å². The number of tetrazole rings is 1. The number of amides is 2. The van der Waals surface area contributed by atoms with Crippen LogP contribution in [0, 0.1) is 17.6 Å². The van der Waals surface area contributed by atoms with Gasteiger partial charge in [0.25, 0.3) is 6.33 Å². The summed E-state index contributed by atoms with van der Waals surface area (Å²) in [6.07, 6.45) is 4.33. The van der Waals surface area contributed by atoms with Gasteiger partial charge in [0.15, 0.2) is 0 Å². The number of ether oxygens (including phenoxy) is 1. The molecular weight excluding hydrogens is 552 g/mol. The summed E-state index contributed by atoms with van der Waals surface area (Å²) >= 11 is 0. The second kappa shape index (κ2) is 11.6. The number of hydrogen-bond donors (Lipinski definition) is 1. The molecule has 42 heavy (non-hydrogen) atoms. The van der Waals surface area contributed by atoms with Crippen LogP contribution in [0.5, 0.6) is 0 Å². The Kier molecular flexibility index (Phi) is 7.93. The number of rotatable bonds is 10. The predicted molar refractivity (Wildman–Crippen MR) is 142 cm³/mol. The van der Waals surface area contributed by atoms with Crippen LogP contribution in [-0.4, -0.2) is 71.1 Å². The van der Waals surface area contributed by atoms with Gasteiger partial charge in [0.2, 0.25) is 13.1 Å². The van der Waals surface area contributed by atoms with Crippen molar-refractivity contribution in [3.8, 4) is 5.69 Å². The highest BCUT2D eigenvalue weighted by Crippen LogP contribution is 2.35. The molecule has 0 aliphatic carbocycles. The van der Waals surface area contributed by atoms with E-state index in [2.05, 4.69) is 20.6 Å². The van der Waals surface area contributed by atoms with Crippen molar-refractivity contribution in [1.82, 2.24) is 34.9 Å². The molecule has 220 valence electrons. The lowest BCUT2D eigenvalue weighted by atomic mass is 9.85. The molecule has 4 aromatic rings. The summed E-state index contributed by atoms with van der Waals surface area (Å²) in [7, 11) is 0. The maximum Gasteiger partial charge on any atom is 0.324 e. The van der Waals surface area contributed by atoms with Gasteiger partial charge in [0, 0.05) is 35.5 Å². The number of carbonyl (C=O) groups excluding carboxylic acids is 2. The third kappa shape index (κ3) is 5.68. The van der Waals surface area contributed by atoms with Gasteiger partial charge >= 0.3 is 12.0 Å². The molecule has 0 bridgehead atoms. The van der Waals surface area contributed by atoms with E-state index in [1.165, 1.54) is 43.9 Å². The zero-order chi connectivity index (χ0) is 30.0. The zero-order valence-electron chi connectivity index (χ0n) is 23.2. The van der Waals surface area contributed by atoms with Crippen LogP contribution in [0.2, 0.25) is 0 Å². The number of anilines is 1. The maximum absolute atomic E-state index is 15.2. The minimum absolute atomic E-state index is 0.109. The van der Waals surface area contributed by atoms with Crippen molar-refractivity contribution in [3.63, 3.8) is 0 Å². The van der Waals surface area contributed by atoms with Gasteiger partial charge in [-0.05, 0) is 47.7 Å². The molecule has 3 heterocycles. The Morgan fingerprint density at radius 1 is 1.12 bits per heavy atom. The van der Waals surface area contributed by atoms with E-state index in [0.29, 0.717) is 24.0 Å². The fourth-order valence-electron chi connectivity index (χ4n) is 4.82. The molecule has 1 aliphatic rings. The highest BCUT2D eigenvalue weighted by molar-refractivity contribution is 5.94. The van der Waals surface area contributed by atoms with Crippen LogP contribution in [-0.2, 0) is 28.4 Å². The van der Waals surface area contributed by atoms with Gasteiger partial charge in [-0.25, -0.2) is 22.8 Å². The van der Waals surface area contributed by atoms with E-state index in [1.54, 1.807) is 49.9 Å². The number of aliphatic hydroxyl groups is 1. The Morgan fingerprint density at radius 2 is 1.86 bits per heavy atom. The second-order valence-electron chi connectivity index (χ2n) is 10.3. The van der Waals surface area contributed by atoms with E-state index >= 15 is 4.39 Å². The predicted octanol–water partition coefficient (Wildman–Crippen LogP) is 1.80. The van der Waals surface area contributed by atoms with E-state index in [1.807, 2.05) is 0 Å². The quantitative estimate of drug-likeness (QED) is 0.221. The molecule has 0 unspecified atom stereocenters. The number of halogens is 2. The number of benzene rings is 2. The molecule has 2 amide bonds. The third-order valence-corrected chi connectivity index (χ3v) is 7.23. The SMILES string of the molecule is CC(C)C(=O)OC[n+]1cnn(C[C@@](O)(c2ccc(F)cc2F)[C@@H](C)N2CCN(c3ccc(-n4cnnn4)cc3)C2=O)c1. The summed E-state index contributed by atoms with van der Waals surface area (Å²) < 4.78 is 38.5. The molecule has 0 spiro atoms. The number of aromatic nitrogens is 7. The van der Waals surface area contributed by atoms with Crippen molar-refractivity contribution < 1.29 is 32.8 Å². The lowest BCUT2D eigenvalue weighted by Crippen LogP contribution is -2.53. The lowest BCUT2D eigenvalue weighted by molar-refractivity contribution is -0.728. The van der Waals surface area contributed by atoms with Crippen LogP contribution < -0.4 is 9.47 Å². The Hall–Kier alpha value is -4.79. The zero-order valence-corrected chi connectivity index (χ0v) is 23.2. The Balaban J connectivity index is 1.39. The summed E-state index contributed by atoms with van der Waals surface area (Å²) in [5.74, 6) is -2.47. The fourth-order valence-corrected chi connectivity index (χ4v) is 4.82. The molecule has 13 nitrogen and oxygen atoms in total. The number of hydrogen-bond acceptors (Lipinski definition) is 8. The Morgan fingerprint density at radius 3 is 2.52 bits per heavy atom. The summed E-state index contributed by atoms with van der Waals surface area (Å²) in [4.78, 5) is 28.4. The first kappa shape index (κ1) is 28.7. The van der Waals surface area contributed by atoms with Crippen LogP contribution in [0.4, 0.5) is 19.3 Å². The molecule has 1 saturated heterocycles. The van der Waals surface area contributed by atoms with Crippen molar-refractivity contribution in [2.45, 2.75) is 45.7 Å². The fraction of sp³-hybridized carbons (Fsp3) is 0.370. The van der Waals surface area contributed by atoms with Gasteiger partial charge in [-0.1, -0.05) is 19.9 Å². The molecular formula is C27H30F2N9O4+. The monoisotopic (exact) mass is 582 g/mol. The average Bonchev–Trinajstić information content (AvgIpc) is 3.73. The van der Waals surface area contributed by atoms with Crippen molar-refractivity contribution in [1.29, 1.82) is 0 Å². The van der Waals surface area contributed by atoms with Crippen LogP contribution in [0.3, 0.4) is 0 Å². The average molecular weight is 583 g/mol. The molecule has 1 aliphatic heterocycles. The van der Waals surface area contributed by atoms with Gasteiger partial charge in [0.1, 0.15) is 30.1 Å². The number of nitrogens with zero attached hydrogens (tertiary/aromatic N) is 9. The van der Waals surface area contributed by atoms with Gasteiger partial charge in [-0.3, -0.25) is 9.69 Å². The topological polar surface area (TPSA) is 135 Å². The summed E-state index contributed by atoms with van der Waals surface area (Å²) in [6.45, 7) is 5.19. The lowest BCUT2D eigenvalue weighted by Gasteiger charge is -2.38. The van der Waals surface area contributed by atoms with Crippen molar-refractivity contribution in [2.75, 3.05) is 18.0 Å². The third-order valence-electron chi connectivity index (χ3n) is 7.23. The van der Waals surface area contributed by atoms with Crippen molar-refractivity contribution in [3.05, 3.63) is 78.6 Å². The smallest absolute Gasteiger partial charge is 0.324 e. The molecule has 5 rings (SSSR count). The van der Waals surface area contributed by atoms with E-state index in [0.717, 1.165) is 6.07 Å². The minimum atomic E-state index is -2.02. The Bertz CT molecular complexity index is 1560. The van der Waals surface area contributed by atoms with Crippen LogP contribution in [0.25, 0.3) is 5.69 Å². The van der Waals surface area contributed by atoms with Gasteiger partial charge < -0.3 is 14.7 Å². The molecule has 2 aromatic carbocycles. The highest BCUT2D eigenvalue weighted by atomic mass is 19.1. The Labute approximate surface area is 239 Å². The van der Waals surface area contributed by atoms with E-state index in [-0.39, 0.29) is 31.3 Å². The molecule has 2 atom stereocenters. The minimum Gasteiger partial charge on any atom is -0.431 e. The number of carbonyl (C=O) groups is 2. The number of esters is 1. The largest absolute Gasteiger partial charge is 0.431 e. The molecule has 0 radical (unpaired) electrons. The first-order valence-electron chi connectivity index (χ1n) is 13.2. The molecule has 1 fully saturated rings. The van der Waals surface area contributed by atoms with Gasteiger partial charge in [-0.15, -0.1) is 9.78 Å². The molecule has 15 heteroatoms. The van der Waals surface area contributed by atoms with Crippen LogP contribution >= 0.6 is 0 Å². The standard InChI is InChI=1S/C27H30F2N9O4/c1-18(2)25(39)42-17-34-15-31-35(16-34)13-27(41,23-9-4-20(28)12-24(23)29)19(3)36-10-11-37(26(36)40)21-5-7-22(8-6-21)38-14-30-32-33-38/h4-9,12,14-16,18-19,41H,10-11,13,17H2,1-3H3/q+1/t19-,27+/m1/s1. The van der Waals surface area contributed by atoms with Gasteiger partial charge in [-0.2, -0.15) is 0 Å². The van der Waals surface area contributed by atoms with Crippen molar-refractivity contribution in [2.24, 2.45) is 5.92 Å². The van der Waals surface area contributed by atoms with E-state index in [4.69, 9.17) is 4.74 Å².